The summed E-state index contributed by atoms with van der Waals surface area (Å²) in [5.74, 6) is -1.22. The van der Waals surface area contributed by atoms with Gasteiger partial charge in [0.1, 0.15) is 6.10 Å². The Morgan fingerprint density at radius 3 is 2.56 bits per heavy atom. The van der Waals surface area contributed by atoms with E-state index in [-0.39, 0.29) is 22.6 Å². The number of esters is 1. The first-order valence-electron chi connectivity index (χ1n) is 5.08. The molecule has 0 saturated heterocycles. The Balaban J connectivity index is 2.85. The molecule has 0 amide bonds. The topological polar surface area (TPSA) is 26.3 Å². The molecule has 0 aromatic heterocycles. The highest BCUT2D eigenvalue weighted by Gasteiger charge is 2.19. The second-order valence-electron chi connectivity index (χ2n) is 3.96. The molecular weight excluding hydrogens is 231 g/mol. The minimum atomic E-state index is -0.731. The molecule has 1 aromatic carbocycles. The van der Waals surface area contributed by atoms with E-state index < -0.39 is 11.8 Å². The summed E-state index contributed by atoms with van der Waals surface area (Å²) in [4.78, 5) is 11.6. The Morgan fingerprint density at radius 1 is 1.38 bits per heavy atom. The first kappa shape index (κ1) is 13.0. The van der Waals surface area contributed by atoms with Crippen LogP contribution < -0.4 is 0 Å². The number of hydrogen-bond acceptors (Lipinski definition) is 2. The Morgan fingerprint density at radius 2 is 2.00 bits per heavy atom. The number of rotatable bonds is 3. The quantitative estimate of drug-likeness (QED) is 0.758. The van der Waals surface area contributed by atoms with Gasteiger partial charge in [-0.15, -0.1) is 0 Å². The number of carbonyl (C=O) groups is 1. The van der Waals surface area contributed by atoms with Crippen molar-refractivity contribution in [2.24, 2.45) is 5.92 Å². The lowest BCUT2D eigenvalue weighted by Crippen LogP contribution is -2.20. The lowest BCUT2D eigenvalue weighted by molar-refractivity contribution is 0.0233. The molecule has 0 spiro atoms. The molecule has 1 unspecified atom stereocenters. The third-order valence-corrected chi connectivity index (χ3v) is 2.70. The van der Waals surface area contributed by atoms with E-state index in [0.717, 1.165) is 0 Å². The molecule has 0 saturated carbocycles. The predicted molar refractivity (Wildman–Crippen MR) is 61.1 cm³/mol. The number of carbonyl (C=O) groups excluding carboxylic acids is 1. The lowest BCUT2D eigenvalue weighted by atomic mass is 10.1. The fourth-order valence-corrected chi connectivity index (χ4v) is 1.20. The van der Waals surface area contributed by atoms with E-state index >= 15 is 0 Å². The zero-order valence-electron chi connectivity index (χ0n) is 9.46. The van der Waals surface area contributed by atoms with Crippen LogP contribution in [0.25, 0.3) is 0 Å². The van der Waals surface area contributed by atoms with Crippen LogP contribution in [-0.4, -0.2) is 12.1 Å². The van der Waals surface area contributed by atoms with Crippen LogP contribution in [0, 0.1) is 11.7 Å². The van der Waals surface area contributed by atoms with Crippen molar-refractivity contribution >= 4 is 17.6 Å². The Hall–Kier alpha value is -1.09. The molecule has 1 rings (SSSR count). The van der Waals surface area contributed by atoms with E-state index in [4.69, 9.17) is 16.3 Å². The van der Waals surface area contributed by atoms with Crippen LogP contribution in [0.15, 0.2) is 18.2 Å². The maximum absolute atomic E-state index is 13.5. The van der Waals surface area contributed by atoms with Crippen LogP contribution in [0.1, 0.15) is 31.1 Å². The molecule has 88 valence electrons. The van der Waals surface area contributed by atoms with Gasteiger partial charge in [0.05, 0.1) is 10.6 Å². The summed E-state index contributed by atoms with van der Waals surface area (Å²) in [5, 5.41) is -0.0772. The number of halogens is 2. The van der Waals surface area contributed by atoms with Gasteiger partial charge in [-0.2, -0.15) is 0 Å². The van der Waals surface area contributed by atoms with E-state index in [1.807, 2.05) is 13.8 Å². The van der Waals surface area contributed by atoms with Crippen molar-refractivity contribution in [1.29, 1.82) is 0 Å². The van der Waals surface area contributed by atoms with Gasteiger partial charge in [0.2, 0.25) is 0 Å². The Kier molecular flexibility index (Phi) is 4.30. The Labute approximate surface area is 99.4 Å². The number of benzene rings is 1. The van der Waals surface area contributed by atoms with Gasteiger partial charge in [0.25, 0.3) is 0 Å². The smallest absolute Gasteiger partial charge is 0.341 e. The van der Waals surface area contributed by atoms with Gasteiger partial charge in [-0.25, -0.2) is 9.18 Å². The number of hydrogen-bond donors (Lipinski definition) is 0. The largest absolute Gasteiger partial charge is 0.459 e. The van der Waals surface area contributed by atoms with Crippen molar-refractivity contribution in [3.05, 3.63) is 34.6 Å². The standard InChI is InChI=1S/C12H14ClFO2/c1-7(2)8(3)16-12(15)9-5-4-6-10(13)11(9)14/h4-8H,1-3H3. The molecule has 16 heavy (non-hydrogen) atoms. The van der Waals surface area contributed by atoms with Crippen LogP contribution in [0.5, 0.6) is 0 Å². The van der Waals surface area contributed by atoms with Crippen LogP contribution in [0.2, 0.25) is 5.02 Å². The molecule has 2 nitrogen and oxygen atoms in total. The van der Waals surface area contributed by atoms with Crippen molar-refractivity contribution in [2.45, 2.75) is 26.9 Å². The maximum atomic E-state index is 13.5. The van der Waals surface area contributed by atoms with Crippen LogP contribution in [0.4, 0.5) is 4.39 Å². The molecule has 0 N–H and O–H groups in total. The van der Waals surface area contributed by atoms with Crippen LogP contribution in [0.3, 0.4) is 0 Å². The molecule has 0 heterocycles. The fourth-order valence-electron chi connectivity index (χ4n) is 1.03. The minimum Gasteiger partial charge on any atom is -0.459 e. The second-order valence-corrected chi connectivity index (χ2v) is 4.36. The average molecular weight is 245 g/mol. The molecule has 1 aromatic rings. The summed E-state index contributed by atoms with van der Waals surface area (Å²) in [6.07, 6.45) is -0.258. The molecule has 0 aliphatic carbocycles. The minimum absolute atomic E-state index is 0.0772. The van der Waals surface area contributed by atoms with Crippen molar-refractivity contribution in [3.63, 3.8) is 0 Å². The second kappa shape index (κ2) is 5.30. The van der Waals surface area contributed by atoms with E-state index in [2.05, 4.69) is 0 Å². The summed E-state index contributed by atoms with van der Waals surface area (Å²) in [7, 11) is 0. The first-order chi connectivity index (χ1) is 7.43. The van der Waals surface area contributed by atoms with E-state index in [9.17, 15) is 9.18 Å². The fraction of sp³-hybridized carbons (Fsp3) is 0.417. The summed E-state index contributed by atoms with van der Waals surface area (Å²) in [6, 6.07) is 4.26. The Bertz CT molecular complexity index is 391. The molecule has 0 fully saturated rings. The monoisotopic (exact) mass is 244 g/mol. The third kappa shape index (κ3) is 2.95. The molecular formula is C12H14ClFO2. The first-order valence-corrected chi connectivity index (χ1v) is 5.46. The molecule has 4 heteroatoms. The van der Waals surface area contributed by atoms with Gasteiger partial charge in [0.15, 0.2) is 5.82 Å². The molecule has 0 bridgehead atoms. The summed E-state index contributed by atoms with van der Waals surface area (Å²) in [6.45, 7) is 5.61. The van der Waals surface area contributed by atoms with Crippen molar-refractivity contribution in [3.8, 4) is 0 Å². The van der Waals surface area contributed by atoms with Crippen molar-refractivity contribution in [2.75, 3.05) is 0 Å². The molecule has 0 radical (unpaired) electrons. The summed E-state index contributed by atoms with van der Waals surface area (Å²) in [5.41, 5.74) is -0.125. The predicted octanol–water partition coefficient (Wildman–Crippen LogP) is 3.68. The third-order valence-electron chi connectivity index (χ3n) is 2.40. The molecule has 0 aliphatic heterocycles. The highest BCUT2D eigenvalue weighted by molar-refractivity contribution is 6.31. The lowest BCUT2D eigenvalue weighted by Gasteiger charge is -2.16. The van der Waals surface area contributed by atoms with Gasteiger partial charge in [-0.1, -0.05) is 31.5 Å². The van der Waals surface area contributed by atoms with Crippen LogP contribution in [-0.2, 0) is 4.74 Å². The van der Waals surface area contributed by atoms with Crippen molar-refractivity contribution < 1.29 is 13.9 Å². The SMILES string of the molecule is CC(C)C(C)OC(=O)c1cccc(Cl)c1F. The summed E-state index contributed by atoms with van der Waals surface area (Å²) < 4.78 is 18.6. The van der Waals surface area contributed by atoms with E-state index in [0.29, 0.717) is 0 Å². The molecule has 0 aliphatic rings. The average Bonchev–Trinajstić information content (AvgIpc) is 2.21. The highest BCUT2D eigenvalue weighted by atomic mass is 35.5. The zero-order valence-corrected chi connectivity index (χ0v) is 10.2. The van der Waals surface area contributed by atoms with E-state index in [1.165, 1.54) is 18.2 Å². The van der Waals surface area contributed by atoms with Crippen LogP contribution >= 0.6 is 11.6 Å². The van der Waals surface area contributed by atoms with Crippen molar-refractivity contribution in [1.82, 2.24) is 0 Å². The van der Waals surface area contributed by atoms with Gasteiger partial charge < -0.3 is 4.74 Å². The summed E-state index contributed by atoms with van der Waals surface area (Å²) >= 11 is 5.57. The van der Waals surface area contributed by atoms with Gasteiger partial charge >= 0.3 is 5.97 Å². The highest BCUT2D eigenvalue weighted by Crippen LogP contribution is 2.19. The number of ether oxygens (including phenoxy) is 1. The normalized spacial score (nSPS) is 12.6. The van der Waals surface area contributed by atoms with Gasteiger partial charge in [0, 0.05) is 0 Å². The van der Waals surface area contributed by atoms with Gasteiger partial charge in [-0.3, -0.25) is 0 Å². The van der Waals surface area contributed by atoms with Gasteiger partial charge in [-0.05, 0) is 25.0 Å². The van der Waals surface area contributed by atoms with E-state index in [1.54, 1.807) is 6.92 Å². The molecule has 1 atom stereocenters. The maximum Gasteiger partial charge on any atom is 0.341 e. The zero-order chi connectivity index (χ0) is 12.3.